The lowest BCUT2D eigenvalue weighted by atomic mass is 10.0. The van der Waals surface area contributed by atoms with E-state index < -0.39 is 11.9 Å². The maximum absolute atomic E-state index is 10.7. The predicted octanol–water partition coefficient (Wildman–Crippen LogP) is 1.03. The third-order valence-electron chi connectivity index (χ3n) is 2.69. The zero-order valence-electron chi connectivity index (χ0n) is 8.64. The number of carboxylic acids is 1. The average Bonchev–Trinajstić information content (AvgIpc) is 2.50. The Bertz CT molecular complexity index is 202. The van der Waals surface area contributed by atoms with Crippen LogP contribution in [0.2, 0.25) is 0 Å². The van der Waals surface area contributed by atoms with Crippen molar-refractivity contribution in [1.82, 2.24) is 0 Å². The lowest BCUT2D eigenvalue weighted by Crippen LogP contribution is -2.26. The van der Waals surface area contributed by atoms with Crippen molar-refractivity contribution in [3.05, 3.63) is 0 Å². The van der Waals surface area contributed by atoms with Gasteiger partial charge in [0.25, 0.3) is 0 Å². The maximum atomic E-state index is 10.7. The van der Waals surface area contributed by atoms with Crippen molar-refractivity contribution in [2.75, 3.05) is 0 Å². The first kappa shape index (κ1) is 11.5. The number of aliphatic hydroxyl groups is 1. The highest BCUT2D eigenvalue weighted by Crippen LogP contribution is 2.27. The second-order valence-corrected chi connectivity index (χ2v) is 4.09. The molecule has 1 heterocycles. The lowest BCUT2D eigenvalue weighted by Gasteiger charge is -2.17. The molecule has 4 nitrogen and oxygen atoms in total. The van der Waals surface area contributed by atoms with Gasteiger partial charge in [0.05, 0.1) is 24.2 Å². The first-order valence-corrected chi connectivity index (χ1v) is 5.07. The van der Waals surface area contributed by atoms with E-state index in [9.17, 15) is 4.79 Å². The number of aliphatic hydroxyl groups excluding tert-OH is 1. The van der Waals surface area contributed by atoms with E-state index in [2.05, 4.69) is 0 Å². The fraction of sp³-hybridized carbons (Fsp3) is 0.900. The molecule has 0 bridgehead atoms. The lowest BCUT2D eigenvalue weighted by molar-refractivity contribution is -0.146. The van der Waals surface area contributed by atoms with Crippen molar-refractivity contribution < 1.29 is 19.7 Å². The van der Waals surface area contributed by atoms with Crippen LogP contribution in [0.4, 0.5) is 0 Å². The van der Waals surface area contributed by atoms with Gasteiger partial charge >= 0.3 is 5.97 Å². The molecule has 4 atom stereocenters. The molecule has 0 saturated carbocycles. The molecule has 0 aromatic heterocycles. The molecule has 0 aromatic rings. The number of rotatable bonds is 4. The highest BCUT2D eigenvalue weighted by molar-refractivity contribution is 5.70. The van der Waals surface area contributed by atoms with Crippen LogP contribution in [0.5, 0.6) is 0 Å². The molecule has 1 rings (SSSR count). The summed E-state index contributed by atoms with van der Waals surface area (Å²) in [5.41, 5.74) is 0. The summed E-state index contributed by atoms with van der Waals surface area (Å²) < 4.78 is 5.55. The van der Waals surface area contributed by atoms with Crippen LogP contribution < -0.4 is 0 Å². The fourth-order valence-corrected chi connectivity index (χ4v) is 1.81. The largest absolute Gasteiger partial charge is 0.481 e. The summed E-state index contributed by atoms with van der Waals surface area (Å²) >= 11 is 0. The second kappa shape index (κ2) is 4.75. The third-order valence-corrected chi connectivity index (χ3v) is 2.69. The Morgan fingerprint density at radius 1 is 1.50 bits per heavy atom. The van der Waals surface area contributed by atoms with E-state index in [1.54, 1.807) is 13.8 Å². The monoisotopic (exact) mass is 202 g/mol. The molecule has 82 valence electrons. The second-order valence-electron chi connectivity index (χ2n) is 4.09. The Labute approximate surface area is 83.9 Å². The van der Waals surface area contributed by atoms with E-state index in [0.29, 0.717) is 6.42 Å². The zero-order chi connectivity index (χ0) is 10.7. The van der Waals surface area contributed by atoms with Gasteiger partial charge in [-0.1, -0.05) is 0 Å². The molecule has 0 radical (unpaired) electrons. The van der Waals surface area contributed by atoms with Crippen molar-refractivity contribution in [2.45, 2.75) is 51.4 Å². The Kier molecular flexibility index (Phi) is 3.89. The van der Waals surface area contributed by atoms with Crippen molar-refractivity contribution >= 4 is 5.97 Å². The number of aliphatic carboxylic acids is 1. The van der Waals surface area contributed by atoms with E-state index in [4.69, 9.17) is 14.9 Å². The van der Waals surface area contributed by atoms with Crippen molar-refractivity contribution in [2.24, 2.45) is 5.92 Å². The summed E-state index contributed by atoms with van der Waals surface area (Å²) in [6, 6.07) is 0. The highest BCUT2D eigenvalue weighted by Gasteiger charge is 2.33. The highest BCUT2D eigenvalue weighted by atomic mass is 16.5. The summed E-state index contributed by atoms with van der Waals surface area (Å²) in [4.78, 5) is 10.7. The molecule has 0 aromatic carbocycles. The van der Waals surface area contributed by atoms with Gasteiger partial charge < -0.3 is 14.9 Å². The van der Waals surface area contributed by atoms with Gasteiger partial charge in [0.2, 0.25) is 0 Å². The maximum Gasteiger partial charge on any atom is 0.308 e. The zero-order valence-corrected chi connectivity index (χ0v) is 8.64. The van der Waals surface area contributed by atoms with Crippen LogP contribution in [-0.4, -0.2) is 34.5 Å². The van der Waals surface area contributed by atoms with Gasteiger partial charge in [0.1, 0.15) is 0 Å². The fourth-order valence-electron chi connectivity index (χ4n) is 1.81. The summed E-state index contributed by atoms with van der Waals surface area (Å²) in [5.74, 6) is -1.26. The van der Waals surface area contributed by atoms with Gasteiger partial charge in [0.15, 0.2) is 0 Å². The molecule has 2 N–H and O–H groups in total. The summed E-state index contributed by atoms with van der Waals surface area (Å²) in [7, 11) is 0. The molecule has 14 heavy (non-hydrogen) atoms. The summed E-state index contributed by atoms with van der Waals surface area (Å²) in [5, 5.41) is 17.9. The predicted molar refractivity (Wildman–Crippen MR) is 51.0 cm³/mol. The Morgan fingerprint density at radius 2 is 2.14 bits per heavy atom. The quantitative estimate of drug-likeness (QED) is 0.714. The van der Waals surface area contributed by atoms with Crippen molar-refractivity contribution in [3.63, 3.8) is 0 Å². The molecule has 0 amide bonds. The van der Waals surface area contributed by atoms with Crippen LogP contribution in [-0.2, 0) is 9.53 Å². The van der Waals surface area contributed by atoms with Crippen LogP contribution in [0.25, 0.3) is 0 Å². The Hall–Kier alpha value is -0.610. The summed E-state index contributed by atoms with van der Waals surface area (Å²) in [6.07, 6.45) is 1.71. The SMILES string of the molecule is C[C@H](O)C[C@@H]1CC[C@@H]([C@H](C)C(=O)O)O1. The number of hydrogen-bond acceptors (Lipinski definition) is 3. The minimum Gasteiger partial charge on any atom is -0.481 e. The smallest absolute Gasteiger partial charge is 0.308 e. The van der Waals surface area contributed by atoms with Gasteiger partial charge in [-0.2, -0.15) is 0 Å². The summed E-state index contributed by atoms with van der Waals surface area (Å²) in [6.45, 7) is 3.38. The van der Waals surface area contributed by atoms with E-state index in [1.165, 1.54) is 0 Å². The Morgan fingerprint density at radius 3 is 2.64 bits per heavy atom. The number of carboxylic acid groups (broad SMARTS) is 1. The molecule has 0 unspecified atom stereocenters. The molecule has 1 saturated heterocycles. The van der Waals surface area contributed by atoms with Gasteiger partial charge in [-0.05, 0) is 33.1 Å². The van der Waals surface area contributed by atoms with Crippen LogP contribution in [0.15, 0.2) is 0 Å². The molecule has 0 spiro atoms. The van der Waals surface area contributed by atoms with Crippen molar-refractivity contribution in [3.8, 4) is 0 Å². The number of ether oxygens (including phenoxy) is 1. The molecular weight excluding hydrogens is 184 g/mol. The van der Waals surface area contributed by atoms with E-state index in [-0.39, 0.29) is 18.3 Å². The topological polar surface area (TPSA) is 66.8 Å². The van der Waals surface area contributed by atoms with Crippen LogP contribution in [0, 0.1) is 5.92 Å². The van der Waals surface area contributed by atoms with Gasteiger partial charge in [-0.25, -0.2) is 0 Å². The van der Waals surface area contributed by atoms with Gasteiger partial charge in [-0.15, -0.1) is 0 Å². The Balaban J connectivity index is 2.37. The van der Waals surface area contributed by atoms with Crippen LogP contribution in [0.1, 0.15) is 33.1 Å². The molecular formula is C10H18O4. The van der Waals surface area contributed by atoms with E-state index >= 15 is 0 Å². The first-order chi connectivity index (χ1) is 6.50. The van der Waals surface area contributed by atoms with Gasteiger partial charge in [-0.3, -0.25) is 4.79 Å². The van der Waals surface area contributed by atoms with E-state index in [0.717, 1.165) is 12.8 Å². The minimum absolute atomic E-state index is 0.0294. The van der Waals surface area contributed by atoms with Crippen molar-refractivity contribution in [1.29, 1.82) is 0 Å². The van der Waals surface area contributed by atoms with E-state index in [1.807, 2.05) is 0 Å². The number of hydrogen-bond donors (Lipinski definition) is 2. The number of carbonyl (C=O) groups is 1. The standard InChI is InChI=1S/C10H18O4/c1-6(11)5-8-3-4-9(14-8)7(2)10(12)13/h6-9,11H,3-5H2,1-2H3,(H,12,13)/t6-,7-,8-,9-/m0/s1. The van der Waals surface area contributed by atoms with Gasteiger partial charge in [0, 0.05) is 0 Å². The molecule has 0 aliphatic carbocycles. The molecule has 1 aliphatic rings. The average molecular weight is 202 g/mol. The minimum atomic E-state index is -0.812. The third kappa shape index (κ3) is 2.96. The molecule has 1 aliphatic heterocycles. The van der Waals surface area contributed by atoms with Crippen LogP contribution in [0.3, 0.4) is 0 Å². The molecule has 4 heteroatoms. The normalized spacial score (nSPS) is 31.4. The first-order valence-electron chi connectivity index (χ1n) is 5.07. The van der Waals surface area contributed by atoms with Crippen LogP contribution >= 0.6 is 0 Å². The molecule has 1 fully saturated rings.